The van der Waals surface area contributed by atoms with Gasteiger partial charge >= 0.3 is 10.0 Å². The molecule has 0 saturated carbocycles. The molecule has 0 aromatic rings. The summed E-state index contributed by atoms with van der Waals surface area (Å²) >= 11 is 0. The van der Waals surface area contributed by atoms with Crippen molar-refractivity contribution in [3.8, 4) is 0 Å². The van der Waals surface area contributed by atoms with Crippen molar-refractivity contribution < 1.29 is 28.7 Å². The normalized spacial score (nSPS) is 9.38. The van der Waals surface area contributed by atoms with Gasteiger partial charge in [-0.15, -0.1) is 0 Å². The average molecular weight is 208 g/mol. The van der Waals surface area contributed by atoms with Gasteiger partial charge in [0.15, 0.2) is 0 Å². The lowest BCUT2D eigenvalue weighted by molar-refractivity contribution is -0.139. The van der Waals surface area contributed by atoms with Crippen LogP contribution in [-0.2, 0) is 18.4 Å². The first-order valence-corrected chi connectivity index (χ1v) is 4.89. The molecule has 2 N–H and O–H groups in total. The molecular formula is C6H12O6Si. The highest BCUT2D eigenvalue weighted by molar-refractivity contribution is 6.25. The first kappa shape index (κ1) is 12.1. The molecule has 0 aromatic heterocycles. The Hall–Kier alpha value is -0.923. The van der Waals surface area contributed by atoms with Crippen LogP contribution in [0.1, 0.15) is 12.8 Å². The lowest BCUT2D eigenvalue weighted by Crippen LogP contribution is -2.17. The van der Waals surface area contributed by atoms with Crippen LogP contribution < -0.4 is 0 Å². The number of carbonyl (C=O) groups is 2. The van der Waals surface area contributed by atoms with Crippen LogP contribution in [0.3, 0.4) is 0 Å². The zero-order valence-electron chi connectivity index (χ0n) is 7.06. The van der Waals surface area contributed by atoms with E-state index in [1.807, 2.05) is 0 Å². The largest absolute Gasteiger partial charge is 0.489 e. The van der Waals surface area contributed by atoms with E-state index in [0.29, 0.717) is 0 Å². The molecule has 0 aliphatic carbocycles. The standard InChI is InChI=1S/C6H12O6Si/c7-3-1-5(9)11-13-12-6(10)2-4-8/h7-8H,1-4,13H2. The van der Waals surface area contributed by atoms with E-state index >= 15 is 0 Å². The van der Waals surface area contributed by atoms with Crippen LogP contribution in [0, 0.1) is 0 Å². The van der Waals surface area contributed by atoms with E-state index < -0.39 is 21.9 Å². The minimum absolute atomic E-state index is 0.0927. The summed E-state index contributed by atoms with van der Waals surface area (Å²) in [5.41, 5.74) is 0. The molecule has 0 radical (unpaired) electrons. The SMILES string of the molecule is O=C(CCO)O[SiH2]OC(=O)CCO. The molecule has 0 aliphatic heterocycles. The van der Waals surface area contributed by atoms with Gasteiger partial charge in [-0.2, -0.15) is 0 Å². The van der Waals surface area contributed by atoms with Crippen molar-refractivity contribution in [2.45, 2.75) is 12.8 Å². The molecule has 0 atom stereocenters. The van der Waals surface area contributed by atoms with E-state index in [2.05, 4.69) is 8.85 Å². The molecule has 0 unspecified atom stereocenters. The van der Waals surface area contributed by atoms with E-state index in [1.165, 1.54) is 0 Å². The molecule has 7 heteroatoms. The quantitative estimate of drug-likeness (QED) is 0.483. The Kier molecular flexibility index (Phi) is 7.16. The van der Waals surface area contributed by atoms with Gasteiger partial charge in [-0.3, -0.25) is 9.59 Å². The second-order valence-corrected chi connectivity index (χ2v) is 2.91. The van der Waals surface area contributed by atoms with Gasteiger partial charge in [-0.25, -0.2) is 0 Å². The van der Waals surface area contributed by atoms with Crippen LogP contribution >= 0.6 is 0 Å². The van der Waals surface area contributed by atoms with Gasteiger partial charge in [0.05, 0.1) is 26.1 Å². The minimum Gasteiger partial charge on any atom is -0.489 e. The van der Waals surface area contributed by atoms with Crippen LogP contribution in [-0.4, -0.2) is 45.4 Å². The van der Waals surface area contributed by atoms with Crippen molar-refractivity contribution in [3.05, 3.63) is 0 Å². The van der Waals surface area contributed by atoms with Crippen molar-refractivity contribution >= 4 is 21.9 Å². The fourth-order valence-electron chi connectivity index (χ4n) is 0.488. The Labute approximate surface area is 77.5 Å². The first-order chi connectivity index (χ1) is 6.20. The predicted molar refractivity (Wildman–Crippen MR) is 44.1 cm³/mol. The first-order valence-electron chi connectivity index (χ1n) is 3.73. The Bertz CT molecular complexity index is 153. The zero-order valence-corrected chi connectivity index (χ0v) is 8.48. The molecule has 76 valence electrons. The van der Waals surface area contributed by atoms with Gasteiger partial charge in [0.2, 0.25) is 0 Å². The highest BCUT2D eigenvalue weighted by Gasteiger charge is 2.05. The molecule has 0 spiro atoms. The van der Waals surface area contributed by atoms with E-state index in [1.54, 1.807) is 0 Å². The van der Waals surface area contributed by atoms with Crippen molar-refractivity contribution in [1.82, 2.24) is 0 Å². The van der Waals surface area contributed by atoms with Gasteiger partial charge in [0, 0.05) is 0 Å². The molecule has 13 heavy (non-hydrogen) atoms. The second-order valence-electron chi connectivity index (χ2n) is 2.10. The third-order valence-corrected chi connectivity index (χ3v) is 1.95. The topological polar surface area (TPSA) is 93.1 Å². The molecule has 0 rings (SSSR count). The summed E-state index contributed by atoms with van der Waals surface area (Å²) in [5, 5.41) is 16.6. The van der Waals surface area contributed by atoms with E-state index in [0.717, 1.165) is 0 Å². The lowest BCUT2D eigenvalue weighted by Gasteiger charge is -2.04. The molecule has 0 aromatic carbocycles. The predicted octanol–water partition coefficient (Wildman–Crippen LogP) is -2.16. The van der Waals surface area contributed by atoms with Crippen LogP contribution in [0.15, 0.2) is 0 Å². The molecule has 0 bridgehead atoms. The average Bonchev–Trinajstić information content (AvgIpc) is 2.05. The Morgan fingerprint density at radius 3 is 1.69 bits per heavy atom. The number of aliphatic hydroxyl groups is 2. The van der Waals surface area contributed by atoms with Crippen LogP contribution in [0.5, 0.6) is 0 Å². The van der Waals surface area contributed by atoms with Crippen molar-refractivity contribution in [1.29, 1.82) is 0 Å². The Balaban J connectivity index is 3.33. The molecule has 0 aliphatic rings. The third kappa shape index (κ3) is 7.44. The van der Waals surface area contributed by atoms with Crippen LogP contribution in [0.4, 0.5) is 0 Å². The fourth-order valence-corrected chi connectivity index (χ4v) is 1.10. The van der Waals surface area contributed by atoms with Crippen LogP contribution in [0.2, 0.25) is 0 Å². The van der Waals surface area contributed by atoms with Crippen molar-refractivity contribution in [2.24, 2.45) is 0 Å². The summed E-state index contributed by atoms with van der Waals surface area (Å²) in [4.78, 5) is 21.2. The number of hydrogen-bond acceptors (Lipinski definition) is 6. The third-order valence-electron chi connectivity index (χ3n) is 1.07. The number of carbonyl (C=O) groups excluding carboxylic acids is 2. The van der Waals surface area contributed by atoms with E-state index in [9.17, 15) is 9.59 Å². The summed E-state index contributed by atoms with van der Waals surface area (Å²) < 4.78 is 9.03. The second kappa shape index (κ2) is 7.71. The van der Waals surface area contributed by atoms with Gasteiger partial charge in [-0.1, -0.05) is 0 Å². The smallest absolute Gasteiger partial charge is 0.431 e. The van der Waals surface area contributed by atoms with Crippen molar-refractivity contribution in [2.75, 3.05) is 13.2 Å². The molecule has 0 heterocycles. The summed E-state index contributed by atoms with van der Waals surface area (Å²) in [6.07, 6.45) is -0.185. The molecular weight excluding hydrogens is 196 g/mol. The summed E-state index contributed by atoms with van der Waals surface area (Å²) in [5.74, 6) is -1.16. The van der Waals surface area contributed by atoms with E-state index in [4.69, 9.17) is 10.2 Å². The maximum Gasteiger partial charge on any atom is 0.431 e. The summed E-state index contributed by atoms with van der Waals surface area (Å²) in [7, 11) is -1.65. The number of rotatable bonds is 6. The maximum atomic E-state index is 10.6. The molecule has 6 nitrogen and oxygen atoms in total. The Morgan fingerprint density at radius 2 is 1.38 bits per heavy atom. The number of aliphatic hydroxyl groups excluding tert-OH is 2. The highest BCUT2D eigenvalue weighted by Crippen LogP contribution is 1.87. The fraction of sp³-hybridized carbons (Fsp3) is 0.667. The highest BCUT2D eigenvalue weighted by atomic mass is 28.3. The van der Waals surface area contributed by atoms with Gasteiger partial charge in [0.25, 0.3) is 11.9 Å². The molecule has 0 amide bonds. The van der Waals surface area contributed by atoms with Gasteiger partial charge < -0.3 is 19.1 Å². The lowest BCUT2D eigenvalue weighted by atomic mass is 10.5. The summed E-state index contributed by atoms with van der Waals surface area (Å²) in [6.45, 7) is -0.560. The van der Waals surface area contributed by atoms with E-state index in [-0.39, 0.29) is 26.1 Å². The monoisotopic (exact) mass is 208 g/mol. The molecule has 0 saturated heterocycles. The minimum atomic E-state index is -1.65. The Morgan fingerprint density at radius 1 is 1.00 bits per heavy atom. The van der Waals surface area contributed by atoms with Crippen LogP contribution in [0.25, 0.3) is 0 Å². The summed E-state index contributed by atoms with van der Waals surface area (Å²) in [6, 6.07) is 0. The zero-order chi connectivity index (χ0) is 10.1. The number of hydrogen-bond donors (Lipinski definition) is 2. The maximum absolute atomic E-state index is 10.6. The molecule has 0 fully saturated rings. The van der Waals surface area contributed by atoms with Crippen molar-refractivity contribution in [3.63, 3.8) is 0 Å². The van der Waals surface area contributed by atoms with Gasteiger partial charge in [-0.05, 0) is 0 Å². The van der Waals surface area contributed by atoms with Gasteiger partial charge in [0.1, 0.15) is 0 Å².